The minimum absolute atomic E-state index is 0.525. The van der Waals surface area contributed by atoms with Crippen molar-refractivity contribution in [2.24, 2.45) is 0 Å². The fourth-order valence-corrected chi connectivity index (χ4v) is 7.05. The van der Waals surface area contributed by atoms with E-state index in [1.54, 1.807) is 0 Å². The normalized spacial score (nSPS) is 31.5. The van der Waals surface area contributed by atoms with E-state index >= 15 is 0 Å². The monoisotopic (exact) mass is 304 g/mol. The summed E-state index contributed by atoms with van der Waals surface area (Å²) in [6.07, 6.45) is 1.30. The molecule has 0 aliphatic carbocycles. The fourth-order valence-electron chi connectivity index (χ4n) is 1.11. The van der Waals surface area contributed by atoms with Crippen LogP contribution in [0.25, 0.3) is 0 Å². The lowest BCUT2D eigenvalue weighted by Crippen LogP contribution is -2.56. The van der Waals surface area contributed by atoms with Crippen LogP contribution in [0.1, 0.15) is 12.8 Å². The molecule has 1 aliphatic heterocycles. The second-order valence-electron chi connectivity index (χ2n) is 2.84. The highest BCUT2D eigenvalue weighted by Gasteiger charge is 2.64. The molecule has 12 heavy (non-hydrogen) atoms. The van der Waals surface area contributed by atoms with Crippen molar-refractivity contribution < 1.29 is 0 Å². The molecule has 0 aromatic rings. The zero-order chi connectivity index (χ0) is 9.62. The van der Waals surface area contributed by atoms with Gasteiger partial charge in [-0.1, -0.05) is 52.8 Å². The van der Waals surface area contributed by atoms with Crippen molar-refractivity contribution in [1.29, 1.82) is 0 Å². The van der Waals surface area contributed by atoms with Crippen molar-refractivity contribution in [3.63, 3.8) is 0 Å². The van der Waals surface area contributed by atoms with Crippen LogP contribution in [0.5, 0.6) is 0 Å². The number of hydrogen-bond acceptors (Lipinski definition) is 0. The highest BCUT2D eigenvalue weighted by Crippen LogP contribution is 2.58. The summed E-state index contributed by atoms with van der Waals surface area (Å²) in [5.41, 5.74) is 0. The van der Waals surface area contributed by atoms with E-state index in [1.165, 1.54) is 0 Å². The predicted molar refractivity (Wildman–Crippen MR) is 60.4 cm³/mol. The second-order valence-corrected chi connectivity index (χ2v) is 13.4. The van der Waals surface area contributed by atoms with Crippen molar-refractivity contribution in [1.82, 2.24) is 0 Å². The van der Waals surface area contributed by atoms with Crippen LogP contribution in [0.2, 0.25) is 6.04 Å². The summed E-state index contributed by atoms with van der Waals surface area (Å²) in [4.78, 5) is 0. The molecule has 0 aromatic heterocycles. The van der Waals surface area contributed by atoms with E-state index in [0.717, 1.165) is 6.42 Å². The molecule has 1 fully saturated rings. The molecule has 0 aromatic carbocycles. The van der Waals surface area contributed by atoms with Crippen molar-refractivity contribution in [3.8, 4) is 0 Å². The van der Waals surface area contributed by atoms with Crippen molar-refractivity contribution in [2.75, 3.05) is 0 Å². The van der Waals surface area contributed by atoms with Crippen molar-refractivity contribution in [2.45, 2.75) is 27.2 Å². The van der Waals surface area contributed by atoms with Gasteiger partial charge >= 0.3 is 0 Å². The zero-order valence-corrected chi connectivity index (χ0v) is 11.4. The molecule has 0 saturated carbocycles. The maximum Gasteiger partial charge on any atom is 0.290 e. The van der Waals surface area contributed by atoms with E-state index in [1.807, 2.05) is 0 Å². The summed E-state index contributed by atoms with van der Waals surface area (Å²) < 4.78 is -2.60. The lowest BCUT2D eigenvalue weighted by Gasteiger charge is -2.43. The second kappa shape index (κ2) is 3.51. The quantitative estimate of drug-likeness (QED) is 0.349. The lowest BCUT2D eigenvalue weighted by molar-refractivity contribution is 0.642. The molecule has 7 heteroatoms. The van der Waals surface area contributed by atoms with Crippen LogP contribution in [0, 0.1) is 0 Å². The molecule has 1 rings (SSSR count). The summed E-state index contributed by atoms with van der Waals surface area (Å²) >= 11 is 35.8. The number of rotatable bonds is 0. The third-order valence-corrected chi connectivity index (χ3v) is 12.5. The van der Waals surface area contributed by atoms with Gasteiger partial charge < -0.3 is 0 Å². The first kappa shape index (κ1) is 12.0. The molecule has 0 N–H and O–H groups in total. The maximum atomic E-state index is 6.02. The molecule has 0 amide bonds. The maximum absolute atomic E-state index is 6.02. The standard InChI is InChI=1S/C5H6Cl6Si/c6-4(7)2-1-3-12(10,11)5(4,8)9/h1-3H2. The van der Waals surface area contributed by atoms with Gasteiger partial charge in [0.25, 0.3) is 6.69 Å². The van der Waals surface area contributed by atoms with E-state index in [0.29, 0.717) is 12.5 Å². The fraction of sp³-hybridized carbons (Fsp3) is 1.00. The first-order chi connectivity index (χ1) is 5.21. The first-order valence-electron chi connectivity index (χ1n) is 3.34. The Kier molecular flexibility index (Phi) is 3.52. The number of alkyl halides is 4. The van der Waals surface area contributed by atoms with Crippen molar-refractivity contribution in [3.05, 3.63) is 0 Å². The van der Waals surface area contributed by atoms with E-state index in [4.69, 9.17) is 68.6 Å². The summed E-state index contributed by atoms with van der Waals surface area (Å²) in [6.45, 7) is -2.74. The Morgan fingerprint density at radius 2 is 1.50 bits per heavy atom. The van der Waals surface area contributed by atoms with E-state index in [2.05, 4.69) is 0 Å². The molecule has 1 saturated heterocycles. The molecule has 0 radical (unpaired) electrons. The molecule has 0 atom stereocenters. The van der Waals surface area contributed by atoms with Gasteiger partial charge in [-0.25, -0.2) is 0 Å². The van der Waals surface area contributed by atoms with Gasteiger partial charge in [0.05, 0.1) is 0 Å². The molecule has 0 bridgehead atoms. The molecule has 0 spiro atoms. The van der Waals surface area contributed by atoms with Gasteiger partial charge in [0.1, 0.15) is 0 Å². The average Bonchev–Trinajstić information content (AvgIpc) is 1.83. The Balaban J connectivity index is 2.99. The van der Waals surface area contributed by atoms with E-state index < -0.39 is 15.0 Å². The first-order valence-corrected chi connectivity index (χ1v) is 9.08. The van der Waals surface area contributed by atoms with E-state index in [-0.39, 0.29) is 0 Å². The summed E-state index contributed by atoms with van der Waals surface area (Å²) in [7, 11) is 0. The van der Waals surface area contributed by atoms with Gasteiger partial charge in [0.2, 0.25) is 0 Å². The minimum Gasteiger partial charge on any atom is -0.142 e. The average molecular weight is 307 g/mol. The SMILES string of the molecule is ClC1(Cl)CCC[Si](Cl)(Cl)C1(Cl)Cl. The smallest absolute Gasteiger partial charge is 0.142 e. The highest BCUT2D eigenvalue weighted by atomic mass is 35.7. The Morgan fingerprint density at radius 3 is 1.83 bits per heavy atom. The van der Waals surface area contributed by atoms with Crippen LogP contribution >= 0.6 is 68.6 Å². The van der Waals surface area contributed by atoms with Crippen LogP contribution in [0.3, 0.4) is 0 Å². The molecule has 0 unspecified atom stereocenters. The Hall–Kier alpha value is 1.96. The summed E-state index contributed by atoms with van der Waals surface area (Å²) in [6, 6.07) is 0.629. The molecule has 72 valence electrons. The number of hydrogen-bond donors (Lipinski definition) is 0. The number of halogens is 6. The van der Waals surface area contributed by atoms with Crippen LogP contribution in [0.15, 0.2) is 0 Å². The van der Waals surface area contributed by atoms with Gasteiger partial charge in [-0.15, -0.1) is 22.2 Å². The lowest BCUT2D eigenvalue weighted by atomic mass is 10.2. The Morgan fingerprint density at radius 1 is 1.00 bits per heavy atom. The van der Waals surface area contributed by atoms with Crippen molar-refractivity contribution >= 4 is 75.3 Å². The van der Waals surface area contributed by atoms with Crippen LogP contribution in [-0.4, -0.2) is 15.0 Å². The van der Waals surface area contributed by atoms with Crippen LogP contribution in [0.4, 0.5) is 0 Å². The van der Waals surface area contributed by atoms with Gasteiger partial charge in [0, 0.05) is 0 Å². The Labute approximate surface area is 102 Å². The molecular formula is C5H6Cl6Si. The highest BCUT2D eigenvalue weighted by molar-refractivity contribution is 7.50. The van der Waals surface area contributed by atoms with Gasteiger partial charge in [-0.2, -0.15) is 0 Å². The van der Waals surface area contributed by atoms with Gasteiger partial charge in [-0.05, 0) is 12.5 Å². The summed E-state index contributed by atoms with van der Waals surface area (Å²) in [5, 5.41) is 0. The van der Waals surface area contributed by atoms with Gasteiger partial charge in [0.15, 0.2) is 8.29 Å². The predicted octanol–water partition coefficient (Wildman–Crippen LogP) is 4.59. The van der Waals surface area contributed by atoms with E-state index in [9.17, 15) is 0 Å². The molecule has 1 aliphatic rings. The largest absolute Gasteiger partial charge is 0.290 e. The zero-order valence-electron chi connectivity index (χ0n) is 5.89. The van der Waals surface area contributed by atoms with Gasteiger partial charge in [-0.3, -0.25) is 0 Å². The summed E-state index contributed by atoms with van der Waals surface area (Å²) in [5.74, 6) is 0. The van der Waals surface area contributed by atoms with Crippen LogP contribution < -0.4 is 0 Å². The molecular weight excluding hydrogens is 301 g/mol. The third kappa shape index (κ3) is 1.84. The van der Waals surface area contributed by atoms with Crippen LogP contribution in [-0.2, 0) is 0 Å². The molecule has 0 nitrogen and oxygen atoms in total. The minimum atomic E-state index is -2.74. The Bertz CT molecular complexity index is 170. The topological polar surface area (TPSA) is 0 Å². The third-order valence-electron chi connectivity index (χ3n) is 1.90. The molecule has 1 heterocycles.